The van der Waals surface area contributed by atoms with Crippen LogP contribution in [0.2, 0.25) is 0 Å². The molecule has 0 saturated carbocycles. The molecule has 0 saturated heterocycles. The number of allylic oxidation sites excluding steroid dienone is 3. The molecule has 0 heterocycles. The highest BCUT2D eigenvalue weighted by atomic mass is 32.2. The molecule has 0 aliphatic rings. The second-order valence-corrected chi connectivity index (χ2v) is 8.87. The molecule has 0 aliphatic carbocycles. The van der Waals surface area contributed by atoms with Crippen molar-refractivity contribution in [3.8, 4) is 0 Å². The summed E-state index contributed by atoms with van der Waals surface area (Å²) in [5.41, 5.74) is 0. The van der Waals surface area contributed by atoms with Crippen molar-refractivity contribution in [3.05, 3.63) is 23.6 Å². The zero-order valence-electron chi connectivity index (χ0n) is 17.1. The average Bonchev–Trinajstić information content (AvgIpc) is 2.59. The monoisotopic (exact) mass is 386 g/mol. The summed E-state index contributed by atoms with van der Waals surface area (Å²) in [6.07, 6.45) is 23.9. The fourth-order valence-corrected chi connectivity index (χ4v) is 3.95. The molecule has 0 aromatic carbocycles. The van der Waals surface area contributed by atoms with Crippen molar-refractivity contribution >= 4 is 10.1 Å². The fourth-order valence-electron chi connectivity index (χ4n) is 3.28. The van der Waals surface area contributed by atoms with E-state index in [2.05, 4.69) is 13.5 Å². The quantitative estimate of drug-likeness (QED) is 0.141. The number of hydrogen-bond acceptors (Lipinski definition) is 2. The van der Waals surface area contributed by atoms with E-state index in [0.29, 0.717) is 6.42 Å². The van der Waals surface area contributed by atoms with E-state index < -0.39 is 10.1 Å². The van der Waals surface area contributed by atoms with Gasteiger partial charge in [-0.05, 0) is 18.9 Å². The summed E-state index contributed by atoms with van der Waals surface area (Å²) < 4.78 is 31.4. The molecule has 3 nitrogen and oxygen atoms in total. The maximum absolute atomic E-state index is 11.2. The first-order valence-corrected chi connectivity index (χ1v) is 12.3. The Balaban J connectivity index is 3.34. The van der Waals surface area contributed by atoms with Gasteiger partial charge in [-0.3, -0.25) is 4.55 Å². The molecule has 0 bridgehead atoms. The van der Waals surface area contributed by atoms with Crippen LogP contribution in [0.25, 0.3) is 0 Å². The van der Waals surface area contributed by atoms with E-state index >= 15 is 0 Å². The molecule has 0 rings (SSSR count). The maximum atomic E-state index is 11.2. The molecule has 0 radical (unpaired) electrons. The lowest BCUT2D eigenvalue weighted by Gasteiger charge is -2.05. The summed E-state index contributed by atoms with van der Waals surface area (Å²) in [7, 11) is -4.06. The fraction of sp³-hybridized carbons (Fsp3) is 0.818. The van der Waals surface area contributed by atoms with E-state index in [1.54, 1.807) is 0 Å². The summed E-state index contributed by atoms with van der Waals surface area (Å²) in [5, 5.41) is 0. The van der Waals surface area contributed by atoms with E-state index in [-0.39, 0.29) is 4.91 Å². The van der Waals surface area contributed by atoms with Crippen molar-refractivity contribution in [2.24, 2.45) is 0 Å². The van der Waals surface area contributed by atoms with Gasteiger partial charge in [0, 0.05) is 0 Å². The highest BCUT2D eigenvalue weighted by Crippen LogP contribution is 2.17. The van der Waals surface area contributed by atoms with Gasteiger partial charge in [-0.25, -0.2) is 0 Å². The van der Waals surface area contributed by atoms with Crippen LogP contribution in [0.15, 0.2) is 23.6 Å². The van der Waals surface area contributed by atoms with Crippen LogP contribution in [0.4, 0.5) is 0 Å². The van der Waals surface area contributed by atoms with E-state index in [9.17, 15) is 8.42 Å². The SMILES string of the molecule is C=CC=C(CCCCCCCCCCCCCCCCCC)S(=O)(=O)O. The standard InChI is InChI=1S/C22H42O3S/c1-3-5-6-7-8-9-10-11-12-13-14-15-16-17-18-19-21-22(20-4-2)26(23,24)25/h4,20H,2-3,5-19,21H2,1H3,(H,23,24,25). The molecular formula is C22H42O3S. The van der Waals surface area contributed by atoms with Gasteiger partial charge in [-0.1, -0.05) is 116 Å². The third-order valence-corrected chi connectivity index (χ3v) is 5.91. The van der Waals surface area contributed by atoms with Crippen LogP contribution in [0.3, 0.4) is 0 Å². The second kappa shape index (κ2) is 17.8. The highest BCUT2D eigenvalue weighted by Gasteiger charge is 2.11. The third kappa shape index (κ3) is 16.8. The van der Waals surface area contributed by atoms with E-state index in [1.807, 2.05) is 0 Å². The van der Waals surface area contributed by atoms with Crippen LogP contribution in [0.1, 0.15) is 116 Å². The van der Waals surface area contributed by atoms with Crippen LogP contribution in [0.5, 0.6) is 0 Å². The lowest BCUT2D eigenvalue weighted by Crippen LogP contribution is -2.01. The van der Waals surface area contributed by atoms with Crippen molar-refractivity contribution in [3.63, 3.8) is 0 Å². The van der Waals surface area contributed by atoms with Gasteiger partial charge in [0.2, 0.25) is 0 Å². The minimum absolute atomic E-state index is 0.0814. The first-order valence-electron chi connectivity index (χ1n) is 10.8. The average molecular weight is 387 g/mol. The lowest BCUT2D eigenvalue weighted by molar-refractivity contribution is 0.487. The topological polar surface area (TPSA) is 54.4 Å². The van der Waals surface area contributed by atoms with Crippen LogP contribution in [-0.2, 0) is 10.1 Å². The van der Waals surface area contributed by atoms with Gasteiger partial charge in [0.05, 0.1) is 4.91 Å². The molecule has 1 N–H and O–H groups in total. The van der Waals surface area contributed by atoms with Crippen LogP contribution in [0, 0.1) is 0 Å². The van der Waals surface area contributed by atoms with Crippen molar-refractivity contribution in [1.29, 1.82) is 0 Å². The molecule has 0 aromatic rings. The van der Waals surface area contributed by atoms with Gasteiger partial charge in [-0.15, -0.1) is 0 Å². The Labute approximate surface area is 163 Å². The van der Waals surface area contributed by atoms with Gasteiger partial charge >= 0.3 is 0 Å². The van der Waals surface area contributed by atoms with Gasteiger partial charge < -0.3 is 0 Å². The number of hydrogen-bond donors (Lipinski definition) is 1. The van der Waals surface area contributed by atoms with E-state index in [4.69, 9.17) is 4.55 Å². The Kier molecular flexibility index (Phi) is 17.4. The summed E-state index contributed by atoms with van der Waals surface area (Å²) in [4.78, 5) is 0.0814. The largest absolute Gasteiger partial charge is 0.290 e. The Morgan fingerprint density at radius 1 is 0.731 bits per heavy atom. The number of unbranched alkanes of at least 4 members (excludes halogenated alkanes) is 15. The van der Waals surface area contributed by atoms with Crippen molar-refractivity contribution in [2.75, 3.05) is 0 Å². The molecule has 4 heteroatoms. The summed E-state index contributed by atoms with van der Waals surface area (Å²) in [6.45, 7) is 5.75. The lowest BCUT2D eigenvalue weighted by atomic mass is 10.0. The number of rotatable bonds is 19. The molecule has 0 aliphatic heterocycles. The minimum Gasteiger partial charge on any atom is -0.282 e. The Bertz CT molecular complexity index is 452. The maximum Gasteiger partial charge on any atom is 0.290 e. The van der Waals surface area contributed by atoms with Gasteiger partial charge in [-0.2, -0.15) is 8.42 Å². The second-order valence-electron chi connectivity index (χ2n) is 7.40. The Hall–Kier alpha value is -0.610. The zero-order valence-corrected chi connectivity index (χ0v) is 17.9. The zero-order chi connectivity index (χ0) is 19.5. The molecule has 26 heavy (non-hydrogen) atoms. The third-order valence-electron chi connectivity index (χ3n) is 4.91. The predicted octanol–water partition coefficient (Wildman–Crippen LogP) is 7.60. The van der Waals surface area contributed by atoms with Gasteiger partial charge in [0.15, 0.2) is 0 Å². The van der Waals surface area contributed by atoms with E-state index in [0.717, 1.165) is 19.3 Å². The molecule has 0 spiro atoms. The molecule has 0 unspecified atom stereocenters. The van der Waals surface area contributed by atoms with Crippen LogP contribution < -0.4 is 0 Å². The molecule has 0 atom stereocenters. The summed E-state index contributed by atoms with van der Waals surface area (Å²) >= 11 is 0. The molecule has 0 amide bonds. The first-order chi connectivity index (χ1) is 12.5. The molecule has 0 fully saturated rings. The Morgan fingerprint density at radius 3 is 1.38 bits per heavy atom. The summed E-state index contributed by atoms with van der Waals surface area (Å²) in [5.74, 6) is 0. The Morgan fingerprint density at radius 2 is 1.08 bits per heavy atom. The molecule has 154 valence electrons. The normalized spacial score (nSPS) is 12.5. The van der Waals surface area contributed by atoms with Gasteiger partial charge in [0.25, 0.3) is 10.1 Å². The van der Waals surface area contributed by atoms with Crippen molar-refractivity contribution < 1.29 is 13.0 Å². The van der Waals surface area contributed by atoms with Crippen molar-refractivity contribution in [2.45, 2.75) is 116 Å². The first kappa shape index (κ1) is 25.4. The van der Waals surface area contributed by atoms with Crippen LogP contribution in [-0.4, -0.2) is 13.0 Å². The summed E-state index contributed by atoms with van der Waals surface area (Å²) in [6, 6.07) is 0. The predicted molar refractivity (Wildman–Crippen MR) is 114 cm³/mol. The van der Waals surface area contributed by atoms with Crippen LogP contribution >= 0.6 is 0 Å². The van der Waals surface area contributed by atoms with Crippen molar-refractivity contribution in [1.82, 2.24) is 0 Å². The molecule has 0 aromatic heterocycles. The highest BCUT2D eigenvalue weighted by molar-refractivity contribution is 7.89. The smallest absolute Gasteiger partial charge is 0.282 e. The molecular weight excluding hydrogens is 344 g/mol. The minimum atomic E-state index is -4.06. The van der Waals surface area contributed by atoms with E-state index in [1.165, 1.54) is 95.6 Å². The van der Waals surface area contributed by atoms with Gasteiger partial charge in [0.1, 0.15) is 0 Å².